The van der Waals surface area contributed by atoms with Crippen LogP contribution in [0.1, 0.15) is 18.5 Å². The van der Waals surface area contributed by atoms with Gasteiger partial charge >= 0.3 is 0 Å². The molecule has 1 saturated heterocycles. The summed E-state index contributed by atoms with van der Waals surface area (Å²) in [5.41, 5.74) is 3.16. The number of aromatic amines is 1. The quantitative estimate of drug-likeness (QED) is 0.316. The van der Waals surface area contributed by atoms with Crippen molar-refractivity contribution in [3.63, 3.8) is 0 Å². The second-order valence-electron chi connectivity index (χ2n) is 7.71. The van der Waals surface area contributed by atoms with Crippen molar-refractivity contribution in [1.82, 2.24) is 24.7 Å². The lowest BCUT2D eigenvalue weighted by Gasteiger charge is -2.14. The molecule has 5 aromatic rings. The fourth-order valence-electron chi connectivity index (χ4n) is 4.03. The van der Waals surface area contributed by atoms with E-state index in [1.807, 2.05) is 24.4 Å². The van der Waals surface area contributed by atoms with Gasteiger partial charge in [-0.2, -0.15) is 0 Å². The standard InChI is InChI=1S/C23H21N5O2S2/c1-2-7-19-17(6-1)18(11-24-19)21-26-27-23(28(21)12-16-5-3-9-29-16)32-14-15-13-31-22(25-15)20-8-4-10-30-20/h1-2,4,6-8,10-11,13,16,24H,3,5,9,12,14H2. The smallest absolute Gasteiger partial charge is 0.191 e. The first-order valence-corrected chi connectivity index (χ1v) is 12.4. The number of thiazole rings is 1. The summed E-state index contributed by atoms with van der Waals surface area (Å²) in [6.07, 6.45) is 6.05. The van der Waals surface area contributed by atoms with Crippen LogP contribution in [0.5, 0.6) is 0 Å². The van der Waals surface area contributed by atoms with Gasteiger partial charge in [0.05, 0.1) is 24.6 Å². The molecule has 1 N–H and O–H groups in total. The molecule has 0 amide bonds. The minimum absolute atomic E-state index is 0.194. The molecule has 0 spiro atoms. The Morgan fingerprint density at radius 1 is 1.19 bits per heavy atom. The lowest BCUT2D eigenvalue weighted by molar-refractivity contribution is 0.0953. The van der Waals surface area contributed by atoms with Gasteiger partial charge < -0.3 is 14.1 Å². The van der Waals surface area contributed by atoms with E-state index in [0.29, 0.717) is 0 Å². The topological polar surface area (TPSA) is 81.8 Å². The zero-order valence-electron chi connectivity index (χ0n) is 17.2. The fraction of sp³-hybridized carbons (Fsp3) is 0.261. The van der Waals surface area contributed by atoms with Crippen LogP contribution in [0.3, 0.4) is 0 Å². The Kier molecular flexibility index (Phi) is 5.30. The van der Waals surface area contributed by atoms with Crippen LogP contribution in [0.15, 0.2) is 63.8 Å². The van der Waals surface area contributed by atoms with Gasteiger partial charge in [-0.05, 0) is 31.0 Å². The van der Waals surface area contributed by atoms with Crippen molar-refractivity contribution in [2.24, 2.45) is 0 Å². The van der Waals surface area contributed by atoms with Crippen molar-refractivity contribution < 1.29 is 9.15 Å². The number of aromatic nitrogens is 5. The molecule has 9 heteroatoms. The number of para-hydroxylation sites is 1. The molecule has 6 rings (SSSR count). The first kappa shape index (κ1) is 19.8. The van der Waals surface area contributed by atoms with Crippen molar-refractivity contribution in [1.29, 1.82) is 0 Å². The Labute approximate surface area is 192 Å². The van der Waals surface area contributed by atoms with Gasteiger partial charge in [-0.1, -0.05) is 30.0 Å². The molecule has 32 heavy (non-hydrogen) atoms. The van der Waals surface area contributed by atoms with Crippen LogP contribution in [0.25, 0.3) is 33.1 Å². The van der Waals surface area contributed by atoms with Crippen LogP contribution in [0.2, 0.25) is 0 Å². The van der Waals surface area contributed by atoms with E-state index in [4.69, 9.17) is 14.1 Å². The molecule has 1 fully saturated rings. The first-order chi connectivity index (χ1) is 15.8. The van der Waals surface area contributed by atoms with Crippen LogP contribution < -0.4 is 0 Å². The molecule has 1 aliphatic rings. The average molecular weight is 464 g/mol. The van der Waals surface area contributed by atoms with E-state index >= 15 is 0 Å². The Hall–Kier alpha value is -2.88. The number of hydrogen-bond donors (Lipinski definition) is 1. The van der Waals surface area contributed by atoms with Gasteiger partial charge in [-0.3, -0.25) is 4.57 Å². The third-order valence-corrected chi connectivity index (χ3v) is 7.50. The second kappa shape index (κ2) is 8.57. The van der Waals surface area contributed by atoms with Crippen LogP contribution in [-0.2, 0) is 17.0 Å². The van der Waals surface area contributed by atoms with Crippen molar-refractivity contribution in [3.8, 4) is 22.2 Å². The number of hydrogen-bond acceptors (Lipinski definition) is 7. The van der Waals surface area contributed by atoms with Crippen LogP contribution >= 0.6 is 23.1 Å². The number of thioether (sulfide) groups is 1. The summed E-state index contributed by atoms with van der Waals surface area (Å²) in [4.78, 5) is 8.07. The Morgan fingerprint density at radius 2 is 2.16 bits per heavy atom. The maximum Gasteiger partial charge on any atom is 0.191 e. The van der Waals surface area contributed by atoms with Crippen LogP contribution in [0.4, 0.5) is 0 Å². The zero-order chi connectivity index (χ0) is 21.3. The van der Waals surface area contributed by atoms with E-state index in [9.17, 15) is 0 Å². The van der Waals surface area contributed by atoms with Crippen molar-refractivity contribution in [2.75, 3.05) is 6.61 Å². The van der Waals surface area contributed by atoms with E-state index < -0.39 is 0 Å². The highest BCUT2D eigenvalue weighted by molar-refractivity contribution is 7.98. The number of furan rings is 1. The van der Waals surface area contributed by atoms with E-state index in [1.165, 1.54) is 0 Å². The molecular weight excluding hydrogens is 442 g/mol. The Bertz CT molecular complexity index is 1330. The highest BCUT2D eigenvalue weighted by Crippen LogP contribution is 2.33. The summed E-state index contributed by atoms with van der Waals surface area (Å²) in [6, 6.07) is 12.1. The summed E-state index contributed by atoms with van der Waals surface area (Å²) in [5.74, 6) is 2.39. The predicted molar refractivity (Wildman–Crippen MR) is 126 cm³/mol. The average Bonchev–Trinajstić information content (AvgIpc) is 3.64. The van der Waals surface area contributed by atoms with Gasteiger partial charge in [0.2, 0.25) is 0 Å². The van der Waals surface area contributed by atoms with E-state index in [1.54, 1.807) is 29.4 Å². The molecule has 1 aliphatic heterocycles. The molecule has 1 atom stereocenters. The van der Waals surface area contributed by atoms with Gasteiger partial charge in [-0.25, -0.2) is 4.98 Å². The summed E-state index contributed by atoms with van der Waals surface area (Å²) >= 11 is 3.25. The first-order valence-electron chi connectivity index (χ1n) is 10.6. The summed E-state index contributed by atoms with van der Waals surface area (Å²) in [7, 11) is 0. The normalized spacial score (nSPS) is 16.3. The second-order valence-corrected chi connectivity index (χ2v) is 9.51. The number of nitrogens with one attached hydrogen (secondary N) is 1. The van der Waals surface area contributed by atoms with E-state index in [-0.39, 0.29) is 6.10 Å². The molecule has 162 valence electrons. The largest absolute Gasteiger partial charge is 0.462 e. The van der Waals surface area contributed by atoms with Crippen molar-refractivity contribution in [2.45, 2.75) is 36.4 Å². The molecule has 1 aromatic carbocycles. The van der Waals surface area contributed by atoms with Crippen LogP contribution in [-0.4, -0.2) is 37.4 Å². The number of fused-ring (bicyclic) bond motifs is 1. The number of rotatable bonds is 7. The third kappa shape index (κ3) is 3.76. The van der Waals surface area contributed by atoms with Crippen LogP contribution in [0, 0.1) is 0 Å². The third-order valence-electron chi connectivity index (χ3n) is 5.59. The maximum atomic E-state index is 5.93. The Balaban J connectivity index is 1.30. The van der Waals surface area contributed by atoms with Gasteiger partial charge in [0.25, 0.3) is 0 Å². The van der Waals surface area contributed by atoms with Gasteiger partial charge in [0, 0.05) is 40.4 Å². The highest BCUT2D eigenvalue weighted by Gasteiger charge is 2.23. The maximum absolute atomic E-state index is 5.93. The molecule has 1 unspecified atom stereocenters. The predicted octanol–water partition coefficient (Wildman–Crippen LogP) is 5.61. The number of H-pyrrole nitrogens is 1. The zero-order valence-corrected chi connectivity index (χ0v) is 18.9. The molecule has 0 radical (unpaired) electrons. The number of ether oxygens (including phenoxy) is 1. The van der Waals surface area contributed by atoms with Crippen molar-refractivity contribution >= 4 is 34.0 Å². The minimum Gasteiger partial charge on any atom is -0.462 e. The highest BCUT2D eigenvalue weighted by atomic mass is 32.2. The molecular formula is C23H21N5O2S2. The molecule has 5 heterocycles. The van der Waals surface area contributed by atoms with E-state index in [0.717, 1.165) is 75.7 Å². The molecule has 0 aliphatic carbocycles. The van der Waals surface area contributed by atoms with E-state index in [2.05, 4.69) is 43.3 Å². The summed E-state index contributed by atoms with van der Waals surface area (Å²) in [5, 5.41) is 14.1. The van der Waals surface area contributed by atoms with Gasteiger partial charge in [-0.15, -0.1) is 21.5 Å². The van der Waals surface area contributed by atoms with Gasteiger partial charge in [0.1, 0.15) is 0 Å². The molecule has 0 saturated carbocycles. The molecule has 7 nitrogen and oxygen atoms in total. The van der Waals surface area contributed by atoms with Gasteiger partial charge in [0.15, 0.2) is 21.7 Å². The number of nitrogens with zero attached hydrogens (tertiary/aromatic N) is 4. The fourth-order valence-corrected chi connectivity index (χ4v) is 5.76. The molecule has 0 bridgehead atoms. The Morgan fingerprint density at radius 3 is 3.03 bits per heavy atom. The lowest BCUT2D eigenvalue weighted by atomic mass is 10.1. The molecule has 4 aromatic heterocycles. The minimum atomic E-state index is 0.194. The lowest BCUT2D eigenvalue weighted by Crippen LogP contribution is -2.16. The summed E-state index contributed by atoms with van der Waals surface area (Å²) < 4.78 is 13.6. The SMILES string of the molecule is c1coc(-c2nc(CSc3nnc(-c4c[nH]c5ccccc45)n3CC3CCCO3)cs2)c1. The van der Waals surface area contributed by atoms with Crippen molar-refractivity contribution in [3.05, 3.63) is 59.9 Å². The summed E-state index contributed by atoms with van der Waals surface area (Å²) in [6.45, 7) is 1.57. The monoisotopic (exact) mass is 463 g/mol. The number of benzene rings is 1.